The van der Waals surface area contributed by atoms with Crippen molar-refractivity contribution in [3.63, 3.8) is 0 Å². The van der Waals surface area contributed by atoms with Gasteiger partial charge < -0.3 is 0 Å². The van der Waals surface area contributed by atoms with Crippen molar-refractivity contribution >= 4 is 0 Å². The van der Waals surface area contributed by atoms with E-state index in [0.29, 0.717) is 0 Å². The van der Waals surface area contributed by atoms with E-state index in [1.54, 1.807) is 0 Å². The summed E-state index contributed by atoms with van der Waals surface area (Å²) in [7, 11) is 0. The van der Waals surface area contributed by atoms with Gasteiger partial charge in [-0.15, -0.1) is 11.8 Å². The normalized spacial score (nSPS) is 12.0. The molecule has 0 aromatic rings. The second-order valence-electron chi connectivity index (χ2n) is 7.24. The second-order valence-corrected chi connectivity index (χ2v) is 7.24. The summed E-state index contributed by atoms with van der Waals surface area (Å²) in [5, 5.41) is 0. The van der Waals surface area contributed by atoms with Gasteiger partial charge in [0.25, 0.3) is 0 Å². The van der Waals surface area contributed by atoms with E-state index in [0.717, 1.165) is 18.8 Å². The van der Waals surface area contributed by atoms with Crippen LogP contribution in [0.15, 0.2) is 0 Å². The Morgan fingerprint density at radius 3 is 1.61 bits per heavy atom. The fourth-order valence-electron chi connectivity index (χ4n) is 3.24. The van der Waals surface area contributed by atoms with Crippen LogP contribution in [0.5, 0.6) is 0 Å². The molecule has 0 N–H and O–H groups in total. The summed E-state index contributed by atoms with van der Waals surface area (Å²) in [5.74, 6) is 7.74. The molecule has 0 bridgehead atoms. The van der Waals surface area contributed by atoms with E-state index in [9.17, 15) is 0 Å². The molecule has 1 unspecified atom stereocenters. The van der Waals surface area contributed by atoms with Gasteiger partial charge >= 0.3 is 0 Å². The van der Waals surface area contributed by atoms with Crippen LogP contribution in [0.3, 0.4) is 0 Å². The summed E-state index contributed by atoms with van der Waals surface area (Å²) in [5.41, 5.74) is 0. The Labute approximate surface area is 148 Å². The Kier molecular flexibility index (Phi) is 19.2. The van der Waals surface area contributed by atoms with Gasteiger partial charge in [0.05, 0.1) is 0 Å². The van der Waals surface area contributed by atoms with Gasteiger partial charge in [-0.25, -0.2) is 0 Å². The van der Waals surface area contributed by atoms with Crippen molar-refractivity contribution in [1.29, 1.82) is 0 Å². The van der Waals surface area contributed by atoms with E-state index in [-0.39, 0.29) is 0 Å². The molecule has 0 spiro atoms. The first-order valence-electron chi connectivity index (χ1n) is 10.8. The van der Waals surface area contributed by atoms with Gasteiger partial charge in [0, 0.05) is 12.8 Å². The van der Waals surface area contributed by atoms with Crippen LogP contribution in [-0.2, 0) is 0 Å². The van der Waals surface area contributed by atoms with Crippen LogP contribution in [0, 0.1) is 17.8 Å². The van der Waals surface area contributed by atoms with Gasteiger partial charge in [-0.1, -0.05) is 97.8 Å². The largest absolute Gasteiger partial charge is 0.103 e. The topological polar surface area (TPSA) is 0 Å². The van der Waals surface area contributed by atoms with Crippen LogP contribution in [-0.4, -0.2) is 0 Å². The molecule has 0 heteroatoms. The van der Waals surface area contributed by atoms with Gasteiger partial charge in [-0.05, 0) is 25.2 Å². The van der Waals surface area contributed by atoms with Gasteiger partial charge in [0.2, 0.25) is 0 Å². The molecule has 0 radical (unpaired) electrons. The molecule has 0 heterocycles. The van der Waals surface area contributed by atoms with Crippen molar-refractivity contribution in [3.05, 3.63) is 0 Å². The van der Waals surface area contributed by atoms with Gasteiger partial charge in [-0.3, -0.25) is 0 Å². The Balaban J connectivity index is 3.41. The first kappa shape index (κ1) is 22.6. The van der Waals surface area contributed by atoms with E-state index < -0.39 is 0 Å². The molecule has 0 fully saturated rings. The Morgan fingerprint density at radius 1 is 0.522 bits per heavy atom. The first-order chi connectivity index (χ1) is 11.3. The van der Waals surface area contributed by atoms with E-state index >= 15 is 0 Å². The van der Waals surface area contributed by atoms with Crippen LogP contribution in [0.25, 0.3) is 0 Å². The van der Waals surface area contributed by atoms with Crippen LogP contribution in [0.1, 0.15) is 130 Å². The van der Waals surface area contributed by atoms with Gasteiger partial charge in [0.15, 0.2) is 0 Å². The van der Waals surface area contributed by atoms with Gasteiger partial charge in [-0.2, -0.15) is 0 Å². The summed E-state index contributed by atoms with van der Waals surface area (Å²) in [6.45, 7) is 6.93. The summed E-state index contributed by atoms with van der Waals surface area (Å²) in [6, 6.07) is 0. The number of rotatable bonds is 16. The van der Waals surface area contributed by atoms with E-state index in [1.807, 2.05) is 0 Å². The van der Waals surface area contributed by atoms with Crippen molar-refractivity contribution in [2.24, 2.45) is 5.92 Å². The molecule has 0 nitrogen and oxygen atoms in total. The smallest absolute Gasteiger partial charge is 0.00887 e. The molecule has 0 saturated heterocycles. The summed E-state index contributed by atoms with van der Waals surface area (Å²) >= 11 is 0. The van der Waals surface area contributed by atoms with E-state index in [1.165, 1.54) is 96.3 Å². The Morgan fingerprint density at radius 2 is 1.00 bits per heavy atom. The fraction of sp³-hybridized carbons (Fsp3) is 0.913. The Hall–Kier alpha value is -0.440. The molecule has 0 aromatic heterocycles. The minimum Gasteiger partial charge on any atom is -0.103 e. The third-order valence-corrected chi connectivity index (χ3v) is 4.99. The average Bonchev–Trinajstić information content (AvgIpc) is 2.57. The lowest BCUT2D eigenvalue weighted by Gasteiger charge is -2.13. The SMILES string of the molecule is CCCCCCCCC#CCCCC(CC)CCCCCCC. The van der Waals surface area contributed by atoms with Crippen LogP contribution in [0.4, 0.5) is 0 Å². The molecule has 0 amide bonds. The monoisotopic (exact) mass is 320 g/mol. The standard InChI is InChI=1S/C23H44/c1-4-7-9-11-12-13-14-15-16-18-20-22-23(6-3)21-19-17-10-8-5-2/h23H,4-14,17-22H2,1-3H3. The van der Waals surface area contributed by atoms with Crippen LogP contribution in [0.2, 0.25) is 0 Å². The summed E-state index contributed by atoms with van der Waals surface area (Å²) in [6.07, 6.45) is 23.2. The molecular formula is C23H44. The number of hydrogen-bond donors (Lipinski definition) is 0. The average molecular weight is 321 g/mol. The third kappa shape index (κ3) is 17.7. The fourth-order valence-corrected chi connectivity index (χ4v) is 3.24. The zero-order valence-electron chi connectivity index (χ0n) is 16.6. The molecule has 0 aliphatic rings. The third-order valence-electron chi connectivity index (χ3n) is 4.99. The van der Waals surface area contributed by atoms with Crippen molar-refractivity contribution < 1.29 is 0 Å². The van der Waals surface area contributed by atoms with Crippen molar-refractivity contribution in [3.8, 4) is 11.8 Å². The van der Waals surface area contributed by atoms with Gasteiger partial charge in [0.1, 0.15) is 0 Å². The highest BCUT2D eigenvalue weighted by Gasteiger charge is 2.05. The number of unbranched alkanes of at least 4 members (excludes halogenated alkanes) is 11. The zero-order chi connectivity index (χ0) is 17.0. The predicted molar refractivity (Wildman–Crippen MR) is 107 cm³/mol. The molecular weight excluding hydrogens is 276 g/mol. The lowest BCUT2D eigenvalue weighted by Crippen LogP contribution is -1.98. The maximum atomic E-state index is 3.40. The minimum atomic E-state index is 0.956. The van der Waals surface area contributed by atoms with Crippen LogP contribution >= 0.6 is 0 Å². The van der Waals surface area contributed by atoms with E-state index in [4.69, 9.17) is 0 Å². The maximum Gasteiger partial charge on any atom is 0.00887 e. The zero-order valence-corrected chi connectivity index (χ0v) is 16.6. The maximum absolute atomic E-state index is 3.40. The molecule has 0 aromatic carbocycles. The lowest BCUT2D eigenvalue weighted by atomic mass is 9.93. The van der Waals surface area contributed by atoms with Crippen LogP contribution < -0.4 is 0 Å². The molecule has 0 aliphatic carbocycles. The minimum absolute atomic E-state index is 0.956. The van der Waals surface area contributed by atoms with Crippen molar-refractivity contribution in [2.45, 2.75) is 130 Å². The lowest BCUT2D eigenvalue weighted by molar-refractivity contribution is 0.404. The molecule has 23 heavy (non-hydrogen) atoms. The number of hydrogen-bond acceptors (Lipinski definition) is 0. The first-order valence-corrected chi connectivity index (χ1v) is 10.8. The summed E-state index contributed by atoms with van der Waals surface area (Å²) in [4.78, 5) is 0. The predicted octanol–water partition coefficient (Wildman–Crippen LogP) is 8.30. The quantitative estimate of drug-likeness (QED) is 0.198. The molecule has 0 aliphatic heterocycles. The summed E-state index contributed by atoms with van der Waals surface area (Å²) < 4.78 is 0. The van der Waals surface area contributed by atoms with Crippen molar-refractivity contribution in [1.82, 2.24) is 0 Å². The highest BCUT2D eigenvalue weighted by Crippen LogP contribution is 2.20. The molecule has 1 atom stereocenters. The molecule has 0 saturated carbocycles. The second kappa shape index (κ2) is 19.6. The Bertz CT molecular complexity index is 267. The van der Waals surface area contributed by atoms with Crippen molar-refractivity contribution in [2.75, 3.05) is 0 Å². The molecule has 0 rings (SSSR count). The molecule has 136 valence electrons. The van der Waals surface area contributed by atoms with E-state index in [2.05, 4.69) is 32.6 Å². The highest BCUT2D eigenvalue weighted by molar-refractivity contribution is 4.98. The highest BCUT2D eigenvalue weighted by atomic mass is 14.1.